The van der Waals surface area contributed by atoms with Crippen LogP contribution >= 0.6 is 0 Å². The van der Waals surface area contributed by atoms with E-state index in [0.717, 1.165) is 12.8 Å². The van der Waals surface area contributed by atoms with E-state index < -0.39 is 23.0 Å². The van der Waals surface area contributed by atoms with Crippen LogP contribution in [0.2, 0.25) is 0 Å². The predicted octanol–water partition coefficient (Wildman–Crippen LogP) is 1.94. The van der Waals surface area contributed by atoms with E-state index in [1.165, 1.54) is 4.90 Å². The molecule has 3 fully saturated rings. The highest BCUT2D eigenvalue weighted by atomic mass is 19.4. The molecule has 1 amide bonds. The van der Waals surface area contributed by atoms with Gasteiger partial charge in [0.15, 0.2) is 0 Å². The minimum absolute atomic E-state index is 0.106. The molecule has 3 aliphatic rings. The summed E-state index contributed by atoms with van der Waals surface area (Å²) in [6.45, 7) is 0.741. The summed E-state index contributed by atoms with van der Waals surface area (Å²) in [5, 5.41) is 11.9. The summed E-state index contributed by atoms with van der Waals surface area (Å²) in [5.41, 5.74) is -2.63. The Balaban J connectivity index is 1.50. The number of carbonyl (C=O) groups is 1. The highest BCUT2D eigenvalue weighted by Crippen LogP contribution is 2.59. The molecule has 1 aliphatic heterocycles. The van der Waals surface area contributed by atoms with Gasteiger partial charge >= 0.3 is 6.18 Å². The molecule has 0 aromatic rings. The Morgan fingerprint density at radius 2 is 2.04 bits per heavy atom. The predicted molar refractivity (Wildman–Crippen MR) is 74.0 cm³/mol. The number of alkyl halides is 3. The van der Waals surface area contributed by atoms with Crippen LogP contribution in [0.4, 0.5) is 13.2 Å². The molecule has 1 saturated heterocycles. The molecule has 1 atom stereocenters. The maximum absolute atomic E-state index is 13.1. The monoisotopic (exact) mass is 331 g/mol. The summed E-state index contributed by atoms with van der Waals surface area (Å²) in [4.78, 5) is 13.7. The van der Waals surface area contributed by atoms with E-state index in [2.05, 4.69) is 11.4 Å². The van der Waals surface area contributed by atoms with Crippen LogP contribution in [0.15, 0.2) is 0 Å². The van der Waals surface area contributed by atoms with Crippen molar-refractivity contribution in [3.05, 3.63) is 0 Å². The number of hydrogen-bond donors (Lipinski definition) is 1. The topological polar surface area (TPSA) is 65.4 Å². The lowest BCUT2D eigenvalue weighted by Crippen LogP contribution is -2.47. The van der Waals surface area contributed by atoms with Crippen molar-refractivity contribution in [1.29, 1.82) is 5.26 Å². The quantitative estimate of drug-likeness (QED) is 0.597. The minimum atomic E-state index is -4.47. The van der Waals surface area contributed by atoms with Crippen molar-refractivity contribution in [2.75, 3.05) is 19.9 Å². The fourth-order valence-electron chi connectivity index (χ4n) is 3.13. The Bertz CT molecular complexity index is 521. The summed E-state index contributed by atoms with van der Waals surface area (Å²) >= 11 is 0. The van der Waals surface area contributed by atoms with Crippen LogP contribution in [0, 0.1) is 16.7 Å². The molecule has 128 valence electrons. The summed E-state index contributed by atoms with van der Waals surface area (Å²) < 4.78 is 44.7. The molecule has 3 rings (SSSR count). The number of carbonyl (C=O) groups excluding carboxylic acids is 1. The number of nitriles is 1. The first kappa shape index (κ1) is 16.5. The third-order valence-electron chi connectivity index (χ3n) is 5.13. The Morgan fingerprint density at radius 1 is 1.35 bits per heavy atom. The van der Waals surface area contributed by atoms with E-state index in [1.54, 1.807) is 0 Å². The zero-order chi connectivity index (χ0) is 16.7. The fraction of sp³-hybridized carbons (Fsp3) is 0.867. The number of amides is 1. The summed E-state index contributed by atoms with van der Waals surface area (Å²) in [6, 6.07) is 1.87. The second-order valence-electron chi connectivity index (χ2n) is 6.76. The lowest BCUT2D eigenvalue weighted by Gasteiger charge is -2.30. The first-order chi connectivity index (χ1) is 10.8. The van der Waals surface area contributed by atoms with Crippen LogP contribution in [-0.2, 0) is 9.53 Å². The Labute approximate surface area is 132 Å². The fourth-order valence-corrected chi connectivity index (χ4v) is 3.13. The number of nitrogens with zero attached hydrogens (tertiary/aromatic N) is 2. The van der Waals surface area contributed by atoms with E-state index in [4.69, 9.17) is 10.00 Å². The van der Waals surface area contributed by atoms with Crippen LogP contribution in [0.3, 0.4) is 0 Å². The van der Waals surface area contributed by atoms with E-state index in [1.807, 2.05) is 0 Å². The molecule has 0 unspecified atom stereocenters. The molecule has 1 heterocycles. The number of hydrogen-bond acceptors (Lipinski definition) is 4. The van der Waals surface area contributed by atoms with Crippen molar-refractivity contribution in [3.8, 4) is 6.07 Å². The molecule has 8 heteroatoms. The first-order valence-electron chi connectivity index (χ1n) is 7.95. The van der Waals surface area contributed by atoms with Gasteiger partial charge in [0, 0.05) is 6.54 Å². The molecule has 0 bridgehead atoms. The molecule has 0 spiro atoms. The van der Waals surface area contributed by atoms with Gasteiger partial charge in [0.25, 0.3) is 0 Å². The van der Waals surface area contributed by atoms with E-state index in [9.17, 15) is 18.0 Å². The third-order valence-corrected chi connectivity index (χ3v) is 5.13. The number of nitrogens with one attached hydrogen (secondary N) is 1. The maximum Gasteiger partial charge on any atom is 0.403 e. The second kappa shape index (κ2) is 5.64. The van der Waals surface area contributed by atoms with Gasteiger partial charge in [-0.2, -0.15) is 18.4 Å². The highest BCUT2D eigenvalue weighted by molar-refractivity contribution is 5.86. The molecule has 0 radical (unpaired) electrons. The van der Waals surface area contributed by atoms with Crippen molar-refractivity contribution < 1.29 is 22.7 Å². The smallest absolute Gasteiger partial charge is 0.364 e. The van der Waals surface area contributed by atoms with Crippen LogP contribution in [-0.4, -0.2) is 48.4 Å². The largest absolute Gasteiger partial charge is 0.403 e. The van der Waals surface area contributed by atoms with Crippen LogP contribution in [0.25, 0.3) is 0 Å². The van der Waals surface area contributed by atoms with Crippen molar-refractivity contribution in [3.63, 3.8) is 0 Å². The number of rotatable bonds is 6. The van der Waals surface area contributed by atoms with Crippen molar-refractivity contribution in [2.24, 2.45) is 5.41 Å². The highest BCUT2D eigenvalue weighted by Gasteiger charge is 2.69. The summed E-state index contributed by atoms with van der Waals surface area (Å²) in [6.07, 6.45) is -1.75. The van der Waals surface area contributed by atoms with Gasteiger partial charge in [-0.15, -0.1) is 0 Å². The first-order valence-corrected chi connectivity index (χ1v) is 7.95. The van der Waals surface area contributed by atoms with E-state index >= 15 is 0 Å². The van der Waals surface area contributed by atoms with E-state index in [-0.39, 0.29) is 32.2 Å². The maximum atomic E-state index is 13.1. The van der Waals surface area contributed by atoms with Gasteiger partial charge in [0.1, 0.15) is 11.0 Å². The Hall–Kier alpha value is -1.33. The zero-order valence-electron chi connectivity index (χ0n) is 12.8. The standard InChI is InChI=1S/C15H20F3N3O2/c16-15(17,18)14(5-6-14)12(22)21-7-1-2-11(21)8-23-10-20-13(9-19)3-4-13/h11,20H,1-8,10H2/t11-/m0/s1. The SMILES string of the molecule is N#CC1(NCOC[C@@H]2CCCN2C(=O)C2(C(F)(F)F)CC2)CC1. The molecule has 5 nitrogen and oxygen atoms in total. The van der Waals surface area contributed by atoms with Gasteiger partial charge in [0.05, 0.1) is 25.4 Å². The summed E-state index contributed by atoms with van der Waals surface area (Å²) in [7, 11) is 0. The van der Waals surface area contributed by atoms with Gasteiger partial charge in [-0.3, -0.25) is 10.1 Å². The lowest BCUT2D eigenvalue weighted by molar-refractivity contribution is -0.199. The zero-order valence-corrected chi connectivity index (χ0v) is 12.8. The van der Waals surface area contributed by atoms with Crippen LogP contribution in [0.5, 0.6) is 0 Å². The number of ether oxygens (including phenoxy) is 1. The molecule has 2 aliphatic carbocycles. The number of halogens is 3. The van der Waals surface area contributed by atoms with Gasteiger partial charge in [0.2, 0.25) is 5.91 Å². The molecular weight excluding hydrogens is 311 g/mol. The van der Waals surface area contributed by atoms with Crippen molar-refractivity contribution in [2.45, 2.75) is 56.3 Å². The average Bonchev–Trinajstić information content (AvgIpc) is 3.40. The normalized spacial score (nSPS) is 27.6. The molecule has 23 heavy (non-hydrogen) atoms. The third kappa shape index (κ3) is 3.04. The van der Waals surface area contributed by atoms with Crippen LogP contribution < -0.4 is 5.32 Å². The van der Waals surface area contributed by atoms with Crippen molar-refractivity contribution in [1.82, 2.24) is 10.2 Å². The summed E-state index contributed by atoms with van der Waals surface area (Å²) in [5.74, 6) is -0.792. The average molecular weight is 331 g/mol. The molecule has 0 aromatic heterocycles. The van der Waals surface area contributed by atoms with Crippen LogP contribution in [0.1, 0.15) is 38.5 Å². The van der Waals surface area contributed by atoms with Gasteiger partial charge in [-0.05, 0) is 38.5 Å². The molecule has 1 N–H and O–H groups in total. The Kier molecular flexibility index (Phi) is 4.05. The molecule has 0 aromatic carbocycles. The minimum Gasteiger partial charge on any atom is -0.364 e. The lowest BCUT2D eigenvalue weighted by atomic mass is 10.0. The number of likely N-dealkylation sites (tertiary alicyclic amines) is 1. The molecular formula is C15H20F3N3O2. The van der Waals surface area contributed by atoms with Gasteiger partial charge < -0.3 is 9.64 Å². The van der Waals surface area contributed by atoms with Crippen molar-refractivity contribution >= 4 is 5.91 Å². The Morgan fingerprint density at radius 3 is 2.57 bits per heavy atom. The molecule has 2 saturated carbocycles. The van der Waals surface area contributed by atoms with Gasteiger partial charge in [-0.25, -0.2) is 0 Å². The second-order valence-corrected chi connectivity index (χ2v) is 6.76. The van der Waals surface area contributed by atoms with E-state index in [0.29, 0.717) is 19.4 Å². The van der Waals surface area contributed by atoms with Gasteiger partial charge in [-0.1, -0.05) is 0 Å².